The third-order valence-corrected chi connectivity index (χ3v) is 11.8. The molecule has 12 heteroatoms. The number of fused-ring (bicyclic) bond motifs is 3. The van der Waals surface area contributed by atoms with E-state index in [-0.39, 0.29) is 17.9 Å². The minimum atomic E-state index is -1.06. The Hall–Kier alpha value is -4.58. The molecular weight excluding hydrogens is 613 g/mol. The van der Waals surface area contributed by atoms with Crippen molar-refractivity contribution in [3.8, 4) is 16.9 Å². The van der Waals surface area contributed by atoms with Crippen LogP contribution < -0.4 is 15.0 Å². The highest BCUT2D eigenvalue weighted by molar-refractivity contribution is 7.22. The largest absolute Gasteiger partial charge is 0.487 e. The lowest BCUT2D eigenvalue weighted by Crippen LogP contribution is -2.40. The number of carboxylic acids is 1. The fraction of sp³-hybridized carbons (Fsp3) is 0.429. The second-order valence-corrected chi connectivity index (χ2v) is 15.0. The van der Waals surface area contributed by atoms with Gasteiger partial charge in [0, 0.05) is 29.6 Å². The van der Waals surface area contributed by atoms with E-state index in [1.807, 2.05) is 35.4 Å². The van der Waals surface area contributed by atoms with Crippen LogP contribution in [0.5, 0.6) is 5.75 Å². The van der Waals surface area contributed by atoms with Crippen molar-refractivity contribution in [2.24, 2.45) is 23.2 Å². The summed E-state index contributed by atoms with van der Waals surface area (Å²) < 4.78 is 9.25. The predicted molar refractivity (Wildman–Crippen MR) is 180 cm³/mol. The summed E-state index contributed by atoms with van der Waals surface area (Å²) in [7, 11) is 0. The van der Waals surface area contributed by atoms with Gasteiger partial charge in [-0.25, -0.2) is 24.7 Å². The summed E-state index contributed by atoms with van der Waals surface area (Å²) in [5, 5.41) is 19.3. The van der Waals surface area contributed by atoms with Crippen molar-refractivity contribution < 1.29 is 14.6 Å². The number of benzene rings is 1. The number of anilines is 4. The Morgan fingerprint density at radius 3 is 2.60 bits per heavy atom. The number of hydrogen-bond acceptors (Lipinski definition) is 10. The smallest absolute Gasteiger partial charge is 0.340 e. The van der Waals surface area contributed by atoms with Gasteiger partial charge in [0.2, 0.25) is 0 Å². The average Bonchev–Trinajstić information content (AvgIpc) is 3.57. The van der Waals surface area contributed by atoms with Crippen molar-refractivity contribution in [2.45, 2.75) is 58.4 Å². The number of pyridine rings is 1. The highest BCUT2D eigenvalue weighted by atomic mass is 32.1. The van der Waals surface area contributed by atoms with E-state index in [1.54, 1.807) is 29.9 Å². The summed E-state index contributed by atoms with van der Waals surface area (Å²) in [5.41, 5.74) is 3.59. The number of thiazole rings is 1. The summed E-state index contributed by atoms with van der Waals surface area (Å²) in [6.45, 7) is 3.69. The Bertz CT molecular complexity index is 1960. The highest BCUT2D eigenvalue weighted by Gasteiger charge is 2.49. The second kappa shape index (κ2) is 11.0. The minimum Gasteiger partial charge on any atom is -0.487 e. The Morgan fingerprint density at radius 1 is 1.02 bits per heavy atom. The van der Waals surface area contributed by atoms with E-state index in [1.165, 1.54) is 44.9 Å². The maximum atomic E-state index is 12.9. The van der Waals surface area contributed by atoms with Gasteiger partial charge in [-0.1, -0.05) is 36.3 Å². The Morgan fingerprint density at radius 2 is 1.83 bits per heavy atom. The van der Waals surface area contributed by atoms with Crippen molar-refractivity contribution in [1.82, 2.24) is 29.7 Å². The van der Waals surface area contributed by atoms with Crippen LogP contribution in [0.3, 0.4) is 0 Å². The Kier molecular flexibility index (Phi) is 6.70. The lowest BCUT2D eigenvalue weighted by Gasteiger charge is -2.48. The number of carboxylic acid groups (broad SMARTS) is 1. The molecule has 5 aliphatic rings. The molecule has 2 N–H and O–H groups in total. The van der Waals surface area contributed by atoms with Crippen molar-refractivity contribution in [1.29, 1.82) is 0 Å². The molecule has 2 unspecified atom stereocenters. The molecule has 4 aliphatic carbocycles. The Balaban J connectivity index is 0.997. The number of aromatic carboxylic acids is 1. The van der Waals surface area contributed by atoms with Crippen LogP contribution in [-0.2, 0) is 6.54 Å². The van der Waals surface area contributed by atoms with Crippen LogP contribution in [0.4, 0.5) is 22.6 Å². The van der Waals surface area contributed by atoms with Crippen LogP contribution in [0.25, 0.3) is 21.3 Å². The van der Waals surface area contributed by atoms with Gasteiger partial charge in [0.15, 0.2) is 28.3 Å². The van der Waals surface area contributed by atoms with Crippen molar-refractivity contribution >= 4 is 50.1 Å². The van der Waals surface area contributed by atoms with Gasteiger partial charge in [0.05, 0.1) is 35.4 Å². The SMILES string of the molecule is Cc1c(-c2cnc3c(c2C(=O)O)OCCN3c2cnc(Nc3nc4ccccc4s3)cn2)cnn1CC12CC3CCC(CC(C3)C1)C2. The first-order chi connectivity index (χ1) is 22.9. The van der Waals surface area contributed by atoms with Gasteiger partial charge in [-0.05, 0) is 74.3 Å². The quantitative estimate of drug-likeness (QED) is 0.186. The zero-order valence-electron chi connectivity index (χ0n) is 26.2. The molecule has 4 saturated carbocycles. The number of nitrogens with zero attached hydrogens (tertiary/aromatic N) is 7. The van der Waals surface area contributed by atoms with E-state index >= 15 is 0 Å². The van der Waals surface area contributed by atoms with Crippen molar-refractivity contribution in [2.75, 3.05) is 23.4 Å². The number of rotatable bonds is 7. The van der Waals surface area contributed by atoms with E-state index < -0.39 is 5.97 Å². The summed E-state index contributed by atoms with van der Waals surface area (Å²) >= 11 is 1.55. The molecule has 0 spiro atoms. The van der Waals surface area contributed by atoms with Gasteiger partial charge >= 0.3 is 5.97 Å². The van der Waals surface area contributed by atoms with Crippen molar-refractivity contribution in [3.05, 3.63) is 60.3 Å². The van der Waals surface area contributed by atoms with Gasteiger partial charge in [-0.15, -0.1) is 0 Å². The molecule has 1 aromatic carbocycles. The second-order valence-electron chi connectivity index (χ2n) is 13.9. The number of hydrogen-bond donors (Lipinski definition) is 2. The third-order valence-electron chi connectivity index (χ3n) is 10.8. The Labute approximate surface area is 276 Å². The van der Waals surface area contributed by atoms with Crippen LogP contribution in [-0.4, -0.2) is 53.9 Å². The molecule has 11 nitrogen and oxygen atoms in total. The average molecular weight is 649 g/mol. The first-order valence-corrected chi connectivity index (χ1v) is 17.4. The molecule has 1 aliphatic heterocycles. The van der Waals surface area contributed by atoms with Crippen LogP contribution >= 0.6 is 11.3 Å². The van der Waals surface area contributed by atoms with Crippen LogP contribution in [0, 0.1) is 30.1 Å². The molecule has 0 radical (unpaired) electrons. The molecular formula is C35H36N8O3S. The highest BCUT2D eigenvalue weighted by Crippen LogP contribution is 2.58. The molecule has 47 heavy (non-hydrogen) atoms. The van der Waals surface area contributed by atoms with E-state index in [2.05, 4.69) is 31.9 Å². The van der Waals surface area contributed by atoms with Crippen molar-refractivity contribution in [3.63, 3.8) is 0 Å². The maximum Gasteiger partial charge on any atom is 0.340 e. The molecule has 5 heterocycles. The predicted octanol–water partition coefficient (Wildman–Crippen LogP) is 7.23. The fourth-order valence-electron chi connectivity index (χ4n) is 9.11. The lowest BCUT2D eigenvalue weighted by atomic mass is 9.58. The van der Waals surface area contributed by atoms with Gasteiger partial charge in [0.1, 0.15) is 12.2 Å². The van der Waals surface area contributed by atoms with Crippen LogP contribution in [0.15, 0.2) is 49.1 Å². The standard InChI is InChI=1S/C35H36N8O3S/c1-20-24(16-39-43(20)19-35-12-21-6-7-22(13-35)11-23(10-21)14-35)25-15-38-32-31(30(25)33(44)45)46-9-8-42(32)29-18-36-28(17-37-29)41-34-40-26-4-2-3-5-27(26)47-34/h2-5,15-18,21-23H,6-14,19H2,1H3,(H,44,45)(H,36,40,41). The first-order valence-electron chi connectivity index (χ1n) is 16.6. The molecule has 5 aromatic rings. The number of para-hydroxylation sites is 1. The van der Waals surface area contributed by atoms with Gasteiger partial charge in [-0.2, -0.15) is 5.10 Å². The lowest BCUT2D eigenvalue weighted by molar-refractivity contribution is 0.0169. The maximum absolute atomic E-state index is 12.9. The fourth-order valence-corrected chi connectivity index (χ4v) is 9.98. The van der Waals surface area contributed by atoms with E-state index in [9.17, 15) is 9.90 Å². The topological polar surface area (TPSA) is 131 Å². The van der Waals surface area contributed by atoms with E-state index in [4.69, 9.17) is 14.8 Å². The molecule has 0 amide bonds. The minimum absolute atomic E-state index is 0.0936. The van der Waals surface area contributed by atoms with Gasteiger partial charge in [-0.3, -0.25) is 4.68 Å². The van der Waals surface area contributed by atoms with Gasteiger partial charge in [0.25, 0.3) is 0 Å². The molecule has 4 bridgehead atoms. The molecule has 4 aromatic heterocycles. The van der Waals surface area contributed by atoms with Crippen LogP contribution in [0.2, 0.25) is 0 Å². The molecule has 4 fully saturated rings. The molecule has 10 rings (SSSR count). The monoisotopic (exact) mass is 648 g/mol. The summed E-state index contributed by atoms with van der Waals surface area (Å²) in [6.07, 6.45) is 16.2. The normalized spacial score (nSPS) is 24.6. The molecule has 2 atom stereocenters. The number of ether oxygens (including phenoxy) is 1. The number of nitrogens with one attached hydrogen (secondary N) is 1. The molecule has 240 valence electrons. The van der Waals surface area contributed by atoms with Crippen LogP contribution in [0.1, 0.15) is 61.0 Å². The number of carbonyl (C=O) groups is 1. The van der Waals surface area contributed by atoms with Gasteiger partial charge < -0.3 is 20.1 Å². The molecule has 0 saturated heterocycles. The first kappa shape index (κ1) is 28.6. The third kappa shape index (κ3) is 5.00. The van der Waals surface area contributed by atoms with E-state index in [0.717, 1.165) is 50.9 Å². The summed E-state index contributed by atoms with van der Waals surface area (Å²) in [4.78, 5) is 33.3. The zero-order valence-corrected chi connectivity index (χ0v) is 27.0. The summed E-state index contributed by atoms with van der Waals surface area (Å²) in [5.74, 6) is 3.24. The number of aromatic nitrogens is 6. The summed E-state index contributed by atoms with van der Waals surface area (Å²) in [6, 6.07) is 7.96. The zero-order chi connectivity index (χ0) is 31.7. The van der Waals surface area contributed by atoms with E-state index in [0.29, 0.717) is 35.0 Å².